The van der Waals surface area contributed by atoms with Crippen LogP contribution in [0, 0.1) is 5.92 Å². The van der Waals surface area contributed by atoms with Gasteiger partial charge in [-0.25, -0.2) is 0 Å². The molecule has 1 aromatic carbocycles. The Kier molecular flexibility index (Phi) is 7.70. The quantitative estimate of drug-likeness (QED) is 0.866. The maximum atomic E-state index is 6.22. The monoisotopic (exact) mass is 366 g/mol. The molecule has 1 fully saturated rings. The van der Waals surface area contributed by atoms with Gasteiger partial charge in [-0.2, -0.15) is 0 Å². The van der Waals surface area contributed by atoms with E-state index in [2.05, 4.69) is 39.3 Å². The summed E-state index contributed by atoms with van der Waals surface area (Å²) in [5, 5.41) is 4.32. The van der Waals surface area contributed by atoms with Crippen LogP contribution in [-0.2, 0) is 6.54 Å². The van der Waals surface area contributed by atoms with Crippen molar-refractivity contribution in [1.82, 2.24) is 10.2 Å². The Labute approximate surface area is 135 Å². The summed E-state index contributed by atoms with van der Waals surface area (Å²) >= 11 is 9.72. The molecule has 1 heterocycles. The summed E-state index contributed by atoms with van der Waals surface area (Å²) < 4.78 is 1.09. The topological polar surface area (TPSA) is 15.3 Å². The molecule has 1 N–H and O–H groups in total. The molecule has 0 saturated carbocycles. The van der Waals surface area contributed by atoms with Crippen LogP contribution in [0.5, 0.6) is 0 Å². The van der Waals surface area contributed by atoms with E-state index in [-0.39, 0.29) is 12.4 Å². The molecule has 1 aliphatic heterocycles. The van der Waals surface area contributed by atoms with E-state index >= 15 is 0 Å². The predicted molar refractivity (Wildman–Crippen MR) is 88.3 cm³/mol. The van der Waals surface area contributed by atoms with Crippen LogP contribution in [0.25, 0.3) is 0 Å². The Bertz CT molecular complexity index is 395. The summed E-state index contributed by atoms with van der Waals surface area (Å²) in [6.45, 7) is 4.37. The van der Waals surface area contributed by atoms with Crippen LogP contribution in [0.3, 0.4) is 0 Å². The molecule has 19 heavy (non-hydrogen) atoms. The zero-order chi connectivity index (χ0) is 13.0. The Hall–Kier alpha value is 0.200. The molecule has 0 spiro atoms. The third-order valence-corrected chi connectivity index (χ3v) is 4.28. The molecule has 0 radical (unpaired) electrons. The van der Waals surface area contributed by atoms with Crippen LogP contribution >= 0.6 is 39.9 Å². The second-order valence-electron chi connectivity index (χ2n) is 5.14. The molecule has 1 aliphatic rings. The first-order valence-corrected chi connectivity index (χ1v) is 7.65. The first kappa shape index (κ1) is 17.3. The van der Waals surface area contributed by atoms with Gasteiger partial charge in [-0.1, -0.05) is 27.5 Å². The van der Waals surface area contributed by atoms with Crippen LogP contribution in [-0.4, -0.2) is 31.6 Å². The lowest BCUT2D eigenvalue weighted by Gasteiger charge is -2.27. The number of hydrogen-bond acceptors (Lipinski definition) is 2. The smallest absolute Gasteiger partial charge is 0.0451 e. The molecule has 2 nitrogen and oxygen atoms in total. The van der Waals surface area contributed by atoms with Crippen LogP contribution < -0.4 is 5.32 Å². The number of benzene rings is 1. The summed E-state index contributed by atoms with van der Waals surface area (Å²) in [4.78, 5) is 2.37. The van der Waals surface area contributed by atoms with Crippen molar-refractivity contribution in [3.8, 4) is 0 Å². The molecular weight excluding hydrogens is 347 g/mol. The van der Waals surface area contributed by atoms with Gasteiger partial charge >= 0.3 is 0 Å². The predicted octanol–water partition coefficient (Wildman–Crippen LogP) is 3.96. The molecule has 2 rings (SSSR count). The highest BCUT2D eigenvalue weighted by Gasteiger charge is 2.15. The minimum absolute atomic E-state index is 0. The van der Waals surface area contributed by atoms with Crippen molar-refractivity contribution in [3.63, 3.8) is 0 Å². The van der Waals surface area contributed by atoms with E-state index in [1.165, 1.54) is 24.9 Å². The molecule has 1 atom stereocenters. The fourth-order valence-corrected chi connectivity index (χ4v) is 3.13. The van der Waals surface area contributed by atoms with Crippen LogP contribution in [0.2, 0.25) is 5.02 Å². The number of piperidine rings is 1. The van der Waals surface area contributed by atoms with Crippen molar-refractivity contribution in [3.05, 3.63) is 33.3 Å². The summed E-state index contributed by atoms with van der Waals surface area (Å²) in [6, 6.07) is 6.05. The van der Waals surface area contributed by atoms with Gasteiger partial charge in [-0.15, -0.1) is 12.4 Å². The van der Waals surface area contributed by atoms with E-state index < -0.39 is 0 Å². The zero-order valence-electron chi connectivity index (χ0n) is 11.2. The standard InChI is InChI=1S/C14H20BrClN2.ClH/c1-18(9-11-3-2-6-17-8-11)10-12-7-13(15)4-5-14(12)16;/h4-5,7,11,17H,2-3,6,8-10H2,1H3;1H. The highest BCUT2D eigenvalue weighted by Crippen LogP contribution is 2.22. The van der Waals surface area contributed by atoms with E-state index in [0.717, 1.165) is 35.0 Å². The van der Waals surface area contributed by atoms with Gasteiger partial charge in [0.05, 0.1) is 0 Å². The average Bonchev–Trinajstić information content (AvgIpc) is 2.35. The summed E-state index contributed by atoms with van der Waals surface area (Å²) in [5.74, 6) is 0.773. The number of rotatable bonds is 4. The number of nitrogens with one attached hydrogen (secondary N) is 1. The van der Waals surface area contributed by atoms with Crippen molar-refractivity contribution in [2.24, 2.45) is 5.92 Å². The molecule has 1 saturated heterocycles. The SMILES string of the molecule is CN(Cc1cc(Br)ccc1Cl)CC1CCCNC1.Cl. The highest BCUT2D eigenvalue weighted by atomic mass is 79.9. The Morgan fingerprint density at radius 1 is 1.47 bits per heavy atom. The lowest BCUT2D eigenvalue weighted by Crippen LogP contribution is -2.36. The van der Waals surface area contributed by atoms with Crippen molar-refractivity contribution < 1.29 is 0 Å². The Morgan fingerprint density at radius 3 is 2.95 bits per heavy atom. The van der Waals surface area contributed by atoms with Gasteiger partial charge < -0.3 is 10.2 Å². The lowest BCUT2D eigenvalue weighted by atomic mass is 9.99. The summed E-state index contributed by atoms with van der Waals surface area (Å²) in [6.07, 6.45) is 2.64. The fraction of sp³-hybridized carbons (Fsp3) is 0.571. The second kappa shape index (κ2) is 8.48. The first-order valence-electron chi connectivity index (χ1n) is 6.48. The normalized spacial score (nSPS) is 19.3. The molecule has 1 aromatic rings. The van der Waals surface area contributed by atoms with Crippen LogP contribution in [0.1, 0.15) is 18.4 Å². The van der Waals surface area contributed by atoms with Crippen molar-refractivity contribution in [1.29, 1.82) is 0 Å². The highest BCUT2D eigenvalue weighted by molar-refractivity contribution is 9.10. The minimum atomic E-state index is 0. The number of halogens is 3. The van der Waals surface area contributed by atoms with E-state index in [1.54, 1.807) is 0 Å². The molecule has 1 unspecified atom stereocenters. The molecule has 5 heteroatoms. The van der Waals surface area contributed by atoms with Gasteiger partial charge in [-0.05, 0) is 62.7 Å². The van der Waals surface area contributed by atoms with Crippen molar-refractivity contribution >= 4 is 39.9 Å². The van der Waals surface area contributed by atoms with Gasteiger partial charge in [0.1, 0.15) is 0 Å². The van der Waals surface area contributed by atoms with Crippen molar-refractivity contribution in [2.75, 3.05) is 26.7 Å². The van der Waals surface area contributed by atoms with Gasteiger partial charge in [0.25, 0.3) is 0 Å². The molecule has 0 bridgehead atoms. The van der Waals surface area contributed by atoms with Gasteiger partial charge in [0, 0.05) is 22.6 Å². The summed E-state index contributed by atoms with van der Waals surface area (Å²) in [7, 11) is 2.17. The van der Waals surface area contributed by atoms with Gasteiger partial charge in [-0.3, -0.25) is 0 Å². The minimum Gasteiger partial charge on any atom is -0.316 e. The van der Waals surface area contributed by atoms with E-state index in [0.29, 0.717) is 0 Å². The van der Waals surface area contributed by atoms with E-state index in [4.69, 9.17) is 11.6 Å². The Balaban J connectivity index is 0.00000180. The largest absolute Gasteiger partial charge is 0.316 e. The summed E-state index contributed by atoms with van der Waals surface area (Å²) in [5.41, 5.74) is 1.19. The molecule has 0 amide bonds. The molecule has 108 valence electrons. The molecule has 0 aromatic heterocycles. The van der Waals surface area contributed by atoms with Gasteiger partial charge in [0.15, 0.2) is 0 Å². The second-order valence-corrected chi connectivity index (χ2v) is 6.47. The van der Waals surface area contributed by atoms with E-state index in [9.17, 15) is 0 Å². The number of nitrogens with zero attached hydrogens (tertiary/aromatic N) is 1. The Morgan fingerprint density at radius 2 is 2.26 bits per heavy atom. The van der Waals surface area contributed by atoms with Crippen LogP contribution in [0.4, 0.5) is 0 Å². The third kappa shape index (κ3) is 5.60. The first-order chi connectivity index (χ1) is 8.65. The fourth-order valence-electron chi connectivity index (χ4n) is 2.54. The van der Waals surface area contributed by atoms with Crippen molar-refractivity contribution in [2.45, 2.75) is 19.4 Å². The maximum Gasteiger partial charge on any atom is 0.0451 e. The van der Waals surface area contributed by atoms with Gasteiger partial charge in [0.2, 0.25) is 0 Å². The zero-order valence-corrected chi connectivity index (χ0v) is 14.3. The average molecular weight is 368 g/mol. The van der Waals surface area contributed by atoms with Crippen LogP contribution in [0.15, 0.2) is 22.7 Å². The lowest BCUT2D eigenvalue weighted by molar-refractivity contribution is 0.237. The third-order valence-electron chi connectivity index (χ3n) is 3.42. The molecular formula is C14H21BrCl2N2. The number of hydrogen-bond donors (Lipinski definition) is 1. The maximum absolute atomic E-state index is 6.22. The molecule has 0 aliphatic carbocycles. The van der Waals surface area contributed by atoms with E-state index in [1.807, 2.05) is 12.1 Å².